The SMILES string of the molecule is CC(=O)c1cnc2ccn(-c3cnc4nc(C)n(Cc5cccc(F)c5)c4c3)c2n1. The van der Waals surface area contributed by atoms with Crippen molar-refractivity contribution in [3.05, 3.63) is 77.9 Å². The molecule has 7 nitrogen and oxygen atoms in total. The molecule has 8 heteroatoms. The maximum atomic E-state index is 13.6. The summed E-state index contributed by atoms with van der Waals surface area (Å²) in [7, 11) is 0. The van der Waals surface area contributed by atoms with E-state index >= 15 is 0 Å². The van der Waals surface area contributed by atoms with Crippen LogP contribution in [0.4, 0.5) is 4.39 Å². The third kappa shape index (κ3) is 3.02. The molecule has 4 aromatic heterocycles. The van der Waals surface area contributed by atoms with Crippen molar-refractivity contribution in [2.75, 3.05) is 0 Å². The van der Waals surface area contributed by atoms with Gasteiger partial charge in [-0.2, -0.15) is 0 Å². The summed E-state index contributed by atoms with van der Waals surface area (Å²) in [6.07, 6.45) is 5.04. The summed E-state index contributed by atoms with van der Waals surface area (Å²) in [6, 6.07) is 10.3. The number of pyridine rings is 1. The van der Waals surface area contributed by atoms with Crippen molar-refractivity contribution in [1.29, 1.82) is 0 Å². The summed E-state index contributed by atoms with van der Waals surface area (Å²) in [5.41, 5.74) is 4.62. The van der Waals surface area contributed by atoms with E-state index in [2.05, 4.69) is 19.9 Å². The fourth-order valence-corrected chi connectivity index (χ4v) is 3.53. The Morgan fingerprint density at radius 1 is 1.10 bits per heavy atom. The number of ketones is 1. The fourth-order valence-electron chi connectivity index (χ4n) is 3.53. The van der Waals surface area contributed by atoms with Gasteiger partial charge in [0, 0.05) is 19.7 Å². The number of halogens is 1. The van der Waals surface area contributed by atoms with Gasteiger partial charge in [0.2, 0.25) is 0 Å². The van der Waals surface area contributed by atoms with Gasteiger partial charge < -0.3 is 4.57 Å². The van der Waals surface area contributed by atoms with Crippen molar-refractivity contribution in [2.24, 2.45) is 0 Å². The third-order valence-corrected chi connectivity index (χ3v) is 5.04. The highest BCUT2D eigenvalue weighted by atomic mass is 19.1. The van der Waals surface area contributed by atoms with Crippen molar-refractivity contribution in [3.8, 4) is 5.69 Å². The van der Waals surface area contributed by atoms with E-state index in [1.54, 1.807) is 12.3 Å². The molecule has 30 heavy (non-hydrogen) atoms. The molecule has 0 aliphatic heterocycles. The number of aryl methyl sites for hydroxylation is 1. The van der Waals surface area contributed by atoms with E-state index in [0.717, 1.165) is 22.6 Å². The van der Waals surface area contributed by atoms with Gasteiger partial charge in [-0.05, 0) is 36.8 Å². The highest BCUT2D eigenvalue weighted by molar-refractivity contribution is 5.93. The first-order valence-electron chi connectivity index (χ1n) is 9.42. The minimum atomic E-state index is -0.271. The molecule has 4 heterocycles. The zero-order chi connectivity index (χ0) is 20.8. The molecule has 0 atom stereocenters. The van der Waals surface area contributed by atoms with Crippen molar-refractivity contribution < 1.29 is 9.18 Å². The van der Waals surface area contributed by atoms with Crippen LogP contribution in [0.5, 0.6) is 0 Å². The van der Waals surface area contributed by atoms with Gasteiger partial charge in [0.15, 0.2) is 17.1 Å². The number of fused-ring (bicyclic) bond motifs is 2. The van der Waals surface area contributed by atoms with Crippen LogP contribution in [0, 0.1) is 12.7 Å². The second-order valence-electron chi connectivity index (χ2n) is 7.12. The molecule has 0 fully saturated rings. The third-order valence-electron chi connectivity index (χ3n) is 5.04. The highest BCUT2D eigenvalue weighted by Crippen LogP contribution is 2.22. The van der Waals surface area contributed by atoms with Crippen LogP contribution in [0.3, 0.4) is 0 Å². The Balaban J connectivity index is 1.64. The zero-order valence-corrected chi connectivity index (χ0v) is 16.4. The topological polar surface area (TPSA) is 78.5 Å². The van der Waals surface area contributed by atoms with Gasteiger partial charge in [-0.1, -0.05) is 12.1 Å². The molecule has 148 valence electrons. The normalized spacial score (nSPS) is 11.4. The first kappa shape index (κ1) is 18.1. The van der Waals surface area contributed by atoms with Crippen LogP contribution >= 0.6 is 0 Å². The average Bonchev–Trinajstić information content (AvgIpc) is 3.28. The largest absolute Gasteiger partial charge is 0.322 e. The van der Waals surface area contributed by atoms with Gasteiger partial charge in [0.05, 0.1) is 23.6 Å². The van der Waals surface area contributed by atoms with Gasteiger partial charge in [-0.3, -0.25) is 14.3 Å². The van der Waals surface area contributed by atoms with E-state index in [1.165, 1.54) is 25.3 Å². The lowest BCUT2D eigenvalue weighted by molar-refractivity contribution is 0.101. The molecule has 5 rings (SSSR count). The van der Waals surface area contributed by atoms with Crippen LogP contribution in [0.25, 0.3) is 28.0 Å². The first-order valence-corrected chi connectivity index (χ1v) is 9.42. The van der Waals surface area contributed by atoms with Crippen LogP contribution < -0.4 is 0 Å². The van der Waals surface area contributed by atoms with E-state index in [4.69, 9.17) is 0 Å². The molecule has 5 aromatic rings. The van der Waals surface area contributed by atoms with Gasteiger partial charge in [-0.15, -0.1) is 0 Å². The molecule has 0 spiro atoms. The van der Waals surface area contributed by atoms with Crippen LogP contribution in [0.1, 0.15) is 28.8 Å². The average molecular weight is 400 g/mol. The molecular formula is C22H17FN6O. The Labute approximate surface area is 170 Å². The lowest BCUT2D eigenvalue weighted by Crippen LogP contribution is -2.04. The summed E-state index contributed by atoms with van der Waals surface area (Å²) in [4.78, 5) is 29.5. The molecule has 1 aromatic carbocycles. The van der Waals surface area contributed by atoms with E-state index in [9.17, 15) is 9.18 Å². The van der Waals surface area contributed by atoms with Crippen LogP contribution in [0.15, 0.2) is 55.0 Å². The zero-order valence-electron chi connectivity index (χ0n) is 16.4. The Morgan fingerprint density at radius 3 is 2.77 bits per heavy atom. The Kier molecular flexibility index (Phi) is 4.13. The minimum absolute atomic E-state index is 0.144. The number of nitrogens with zero attached hydrogens (tertiary/aromatic N) is 6. The number of carbonyl (C=O) groups excluding carboxylic acids is 1. The van der Waals surface area contributed by atoms with Gasteiger partial charge in [0.1, 0.15) is 22.9 Å². The molecular weight excluding hydrogens is 383 g/mol. The van der Waals surface area contributed by atoms with Gasteiger partial charge in [0.25, 0.3) is 0 Å². The molecule has 0 N–H and O–H groups in total. The lowest BCUT2D eigenvalue weighted by atomic mass is 10.2. The molecule has 0 unspecified atom stereocenters. The summed E-state index contributed by atoms with van der Waals surface area (Å²) >= 11 is 0. The predicted molar refractivity (Wildman–Crippen MR) is 110 cm³/mol. The maximum Gasteiger partial charge on any atom is 0.179 e. The second-order valence-corrected chi connectivity index (χ2v) is 7.12. The predicted octanol–water partition coefficient (Wildman–Crippen LogP) is 3.86. The van der Waals surface area contributed by atoms with Crippen molar-refractivity contribution in [2.45, 2.75) is 20.4 Å². The molecule has 0 saturated carbocycles. The Hall–Kier alpha value is -3.94. The van der Waals surface area contributed by atoms with Crippen molar-refractivity contribution >= 4 is 28.1 Å². The molecule has 0 saturated heterocycles. The lowest BCUT2D eigenvalue weighted by Gasteiger charge is -2.09. The number of carbonyl (C=O) groups is 1. The van der Waals surface area contributed by atoms with Crippen LogP contribution in [-0.2, 0) is 6.54 Å². The first-order chi connectivity index (χ1) is 14.5. The number of Topliss-reactive ketones (excluding diaryl/α,β-unsaturated/α-hetero) is 1. The summed E-state index contributed by atoms with van der Waals surface area (Å²) in [5, 5.41) is 0. The van der Waals surface area contributed by atoms with Gasteiger partial charge >= 0.3 is 0 Å². The number of imidazole rings is 1. The molecule has 0 bridgehead atoms. The minimum Gasteiger partial charge on any atom is -0.322 e. The summed E-state index contributed by atoms with van der Waals surface area (Å²) in [5.74, 6) is 0.372. The van der Waals surface area contributed by atoms with Crippen LogP contribution in [-0.4, -0.2) is 34.9 Å². The molecule has 0 aliphatic carbocycles. The van der Waals surface area contributed by atoms with E-state index in [-0.39, 0.29) is 11.6 Å². The standard InChI is InChI=1S/C22H17FN6O/c1-13(30)19-11-24-18-6-7-28(22(18)27-19)17-9-20-21(25-10-17)26-14(2)29(20)12-15-4-3-5-16(23)8-15/h3-11H,12H2,1-2H3. The Morgan fingerprint density at radius 2 is 1.97 bits per heavy atom. The number of benzene rings is 1. The smallest absolute Gasteiger partial charge is 0.179 e. The van der Waals surface area contributed by atoms with E-state index in [0.29, 0.717) is 29.0 Å². The highest BCUT2D eigenvalue weighted by Gasteiger charge is 2.14. The summed E-state index contributed by atoms with van der Waals surface area (Å²) < 4.78 is 17.5. The fraction of sp³-hybridized carbons (Fsp3) is 0.136. The number of hydrogen-bond donors (Lipinski definition) is 0. The van der Waals surface area contributed by atoms with E-state index in [1.807, 2.05) is 40.5 Å². The van der Waals surface area contributed by atoms with Gasteiger partial charge in [-0.25, -0.2) is 19.3 Å². The number of rotatable bonds is 4. The molecule has 0 amide bonds. The van der Waals surface area contributed by atoms with E-state index < -0.39 is 0 Å². The summed E-state index contributed by atoms with van der Waals surface area (Å²) in [6.45, 7) is 3.84. The number of hydrogen-bond acceptors (Lipinski definition) is 5. The Bertz CT molecular complexity index is 1430. The van der Waals surface area contributed by atoms with Crippen LogP contribution in [0.2, 0.25) is 0 Å². The second kappa shape index (κ2) is 6.84. The quantitative estimate of drug-likeness (QED) is 0.428. The monoisotopic (exact) mass is 400 g/mol. The van der Waals surface area contributed by atoms with Crippen molar-refractivity contribution in [1.82, 2.24) is 29.1 Å². The maximum absolute atomic E-state index is 13.6. The molecule has 0 radical (unpaired) electrons. The number of aromatic nitrogens is 6. The van der Waals surface area contributed by atoms with Crippen molar-refractivity contribution in [3.63, 3.8) is 0 Å². The molecule has 0 aliphatic rings.